The molecule has 1 saturated carbocycles. The minimum atomic E-state index is 0.0164. The zero-order chi connectivity index (χ0) is 21.5. The molecule has 1 N–H and O–H groups in total. The molecular formula is C24H36N4O3. The minimum Gasteiger partial charge on any atom is -0.482 e. The molecule has 0 aromatic heterocycles. The van der Waals surface area contributed by atoms with Gasteiger partial charge in [0, 0.05) is 39.8 Å². The maximum absolute atomic E-state index is 12.3. The standard InChI is InChI=1S/C24H36N4O3/c1-25-24(27-15-11-20(12-16-27)30-17-19-7-2-3-8-19)26-13-6-14-28-21-9-4-5-10-22(21)31-18-23(28)29/h4-5,9-10,19-20H,2-3,6-8,11-18H2,1H3,(H,25,26). The Hall–Kier alpha value is -2.28. The van der Waals surface area contributed by atoms with Crippen molar-refractivity contribution in [3.05, 3.63) is 24.3 Å². The molecule has 2 aliphatic heterocycles. The summed E-state index contributed by atoms with van der Waals surface area (Å²) in [4.78, 5) is 20.9. The summed E-state index contributed by atoms with van der Waals surface area (Å²) in [6.07, 6.45) is 8.80. The van der Waals surface area contributed by atoms with Gasteiger partial charge in [0.05, 0.1) is 11.8 Å². The molecule has 2 fully saturated rings. The van der Waals surface area contributed by atoms with E-state index in [-0.39, 0.29) is 12.5 Å². The molecule has 0 bridgehead atoms. The largest absolute Gasteiger partial charge is 0.482 e. The van der Waals surface area contributed by atoms with Crippen LogP contribution in [0.4, 0.5) is 5.69 Å². The van der Waals surface area contributed by atoms with Crippen LogP contribution in [0.15, 0.2) is 29.3 Å². The highest BCUT2D eigenvalue weighted by Crippen LogP contribution is 2.31. The van der Waals surface area contributed by atoms with Crippen LogP contribution in [0.3, 0.4) is 0 Å². The highest BCUT2D eigenvalue weighted by atomic mass is 16.5. The van der Waals surface area contributed by atoms with E-state index in [0.717, 1.165) is 68.8 Å². The Morgan fingerprint density at radius 2 is 1.97 bits per heavy atom. The summed E-state index contributed by atoms with van der Waals surface area (Å²) in [6.45, 7) is 4.46. The van der Waals surface area contributed by atoms with E-state index in [9.17, 15) is 4.79 Å². The second-order valence-corrected chi connectivity index (χ2v) is 8.80. The average Bonchev–Trinajstić information content (AvgIpc) is 3.33. The Bertz CT molecular complexity index is 755. The van der Waals surface area contributed by atoms with Gasteiger partial charge in [0.25, 0.3) is 5.91 Å². The lowest BCUT2D eigenvalue weighted by molar-refractivity contribution is -0.121. The number of hydrogen-bond donors (Lipinski definition) is 1. The first kappa shape index (κ1) is 21.9. The second kappa shape index (κ2) is 10.8. The number of carbonyl (C=O) groups is 1. The van der Waals surface area contributed by atoms with Crippen molar-refractivity contribution < 1.29 is 14.3 Å². The summed E-state index contributed by atoms with van der Waals surface area (Å²) in [5, 5.41) is 3.48. The third-order valence-electron chi connectivity index (χ3n) is 6.65. The normalized spacial score (nSPS) is 20.7. The fraction of sp³-hybridized carbons (Fsp3) is 0.667. The monoisotopic (exact) mass is 428 g/mol. The van der Waals surface area contributed by atoms with Crippen molar-refractivity contribution in [2.45, 2.75) is 51.0 Å². The van der Waals surface area contributed by atoms with Gasteiger partial charge >= 0.3 is 0 Å². The third kappa shape index (κ3) is 5.70. The Balaban J connectivity index is 1.17. The molecule has 1 aliphatic carbocycles. The van der Waals surface area contributed by atoms with Gasteiger partial charge in [0.1, 0.15) is 5.75 Å². The topological polar surface area (TPSA) is 66.4 Å². The number of aliphatic imine (C=N–C) groups is 1. The summed E-state index contributed by atoms with van der Waals surface area (Å²) >= 11 is 0. The van der Waals surface area contributed by atoms with Gasteiger partial charge in [-0.3, -0.25) is 9.79 Å². The van der Waals surface area contributed by atoms with Gasteiger partial charge in [-0.05, 0) is 50.2 Å². The van der Waals surface area contributed by atoms with Crippen molar-refractivity contribution in [2.24, 2.45) is 10.9 Å². The van der Waals surface area contributed by atoms with Crippen LogP contribution in [0, 0.1) is 5.92 Å². The Kier molecular flexibility index (Phi) is 7.67. The van der Waals surface area contributed by atoms with Gasteiger partial charge in [-0.25, -0.2) is 0 Å². The number of anilines is 1. The van der Waals surface area contributed by atoms with Gasteiger partial charge in [-0.2, -0.15) is 0 Å². The predicted octanol–water partition coefficient (Wildman–Crippen LogP) is 3.05. The summed E-state index contributed by atoms with van der Waals surface area (Å²) < 4.78 is 11.7. The van der Waals surface area contributed by atoms with Crippen LogP contribution in [0.1, 0.15) is 44.9 Å². The lowest BCUT2D eigenvalue weighted by Gasteiger charge is -2.34. The van der Waals surface area contributed by atoms with E-state index in [1.165, 1.54) is 25.7 Å². The second-order valence-electron chi connectivity index (χ2n) is 8.80. The van der Waals surface area contributed by atoms with Crippen LogP contribution in [0.2, 0.25) is 0 Å². The predicted molar refractivity (Wildman–Crippen MR) is 123 cm³/mol. The molecule has 4 rings (SSSR count). The van der Waals surface area contributed by atoms with Gasteiger partial charge in [0.15, 0.2) is 12.6 Å². The van der Waals surface area contributed by atoms with E-state index in [0.29, 0.717) is 12.6 Å². The van der Waals surface area contributed by atoms with E-state index in [1.54, 1.807) is 0 Å². The molecule has 1 saturated heterocycles. The minimum absolute atomic E-state index is 0.0164. The molecule has 31 heavy (non-hydrogen) atoms. The number of fused-ring (bicyclic) bond motifs is 1. The number of amides is 1. The maximum Gasteiger partial charge on any atom is 0.265 e. The number of nitrogens with zero attached hydrogens (tertiary/aromatic N) is 3. The average molecular weight is 429 g/mol. The molecule has 7 nitrogen and oxygen atoms in total. The molecule has 2 heterocycles. The first-order valence-electron chi connectivity index (χ1n) is 11.8. The van der Waals surface area contributed by atoms with Crippen molar-refractivity contribution in [1.82, 2.24) is 10.2 Å². The number of carbonyl (C=O) groups excluding carboxylic acids is 1. The number of likely N-dealkylation sites (tertiary alicyclic amines) is 1. The van der Waals surface area contributed by atoms with Crippen LogP contribution in [0.25, 0.3) is 0 Å². The highest BCUT2D eigenvalue weighted by molar-refractivity contribution is 5.97. The fourth-order valence-corrected chi connectivity index (χ4v) is 4.85. The summed E-state index contributed by atoms with van der Waals surface area (Å²) in [7, 11) is 1.84. The van der Waals surface area contributed by atoms with Crippen molar-refractivity contribution >= 4 is 17.6 Å². The van der Waals surface area contributed by atoms with Crippen LogP contribution in [0.5, 0.6) is 5.75 Å². The zero-order valence-electron chi connectivity index (χ0n) is 18.7. The molecule has 7 heteroatoms. The third-order valence-corrected chi connectivity index (χ3v) is 6.65. The van der Waals surface area contributed by atoms with Gasteiger partial charge in [-0.1, -0.05) is 25.0 Å². The van der Waals surface area contributed by atoms with Crippen molar-refractivity contribution in [2.75, 3.05) is 51.3 Å². The van der Waals surface area contributed by atoms with E-state index < -0.39 is 0 Å². The smallest absolute Gasteiger partial charge is 0.265 e. The van der Waals surface area contributed by atoms with E-state index in [4.69, 9.17) is 9.47 Å². The molecule has 1 aromatic carbocycles. The number of rotatable bonds is 7. The van der Waals surface area contributed by atoms with E-state index >= 15 is 0 Å². The first-order chi connectivity index (χ1) is 15.2. The lowest BCUT2D eigenvalue weighted by atomic mass is 10.1. The number of piperidine rings is 1. The summed E-state index contributed by atoms with van der Waals surface area (Å²) in [5.41, 5.74) is 0.864. The molecule has 3 aliphatic rings. The first-order valence-corrected chi connectivity index (χ1v) is 11.8. The molecular weight excluding hydrogens is 392 g/mol. The van der Waals surface area contributed by atoms with Crippen molar-refractivity contribution in [1.29, 1.82) is 0 Å². The molecule has 1 aromatic rings. The highest BCUT2D eigenvalue weighted by Gasteiger charge is 2.26. The Morgan fingerprint density at radius 3 is 2.74 bits per heavy atom. The number of nitrogens with one attached hydrogen (secondary N) is 1. The maximum atomic E-state index is 12.3. The summed E-state index contributed by atoms with van der Waals surface area (Å²) in [5.74, 6) is 2.53. The number of hydrogen-bond acceptors (Lipinski definition) is 4. The number of para-hydroxylation sites is 2. The number of ether oxygens (including phenoxy) is 2. The van der Waals surface area contributed by atoms with Gasteiger partial charge in [0.2, 0.25) is 0 Å². The lowest BCUT2D eigenvalue weighted by Crippen LogP contribution is -2.47. The van der Waals surface area contributed by atoms with Crippen LogP contribution < -0.4 is 15.0 Å². The van der Waals surface area contributed by atoms with Crippen LogP contribution >= 0.6 is 0 Å². The molecule has 0 spiro atoms. The molecule has 1 amide bonds. The molecule has 0 unspecified atom stereocenters. The number of guanidine groups is 1. The van der Waals surface area contributed by atoms with Crippen molar-refractivity contribution in [3.8, 4) is 5.75 Å². The van der Waals surface area contributed by atoms with Crippen LogP contribution in [-0.4, -0.2) is 69.3 Å². The molecule has 0 radical (unpaired) electrons. The quantitative estimate of drug-likeness (QED) is 0.411. The van der Waals surface area contributed by atoms with Crippen molar-refractivity contribution in [3.63, 3.8) is 0 Å². The number of benzene rings is 1. The van der Waals surface area contributed by atoms with E-state index in [1.807, 2.05) is 36.2 Å². The summed E-state index contributed by atoms with van der Waals surface area (Å²) in [6, 6.07) is 7.73. The Morgan fingerprint density at radius 1 is 1.19 bits per heavy atom. The SMILES string of the molecule is CN=C(NCCCN1C(=O)COc2ccccc21)N1CCC(OCC2CCCC2)CC1. The Labute approximate surface area is 185 Å². The molecule has 170 valence electrons. The fourth-order valence-electron chi connectivity index (χ4n) is 4.85. The van der Waals surface area contributed by atoms with E-state index in [2.05, 4.69) is 15.2 Å². The van der Waals surface area contributed by atoms with Gasteiger partial charge < -0.3 is 24.6 Å². The van der Waals surface area contributed by atoms with Crippen LogP contribution in [-0.2, 0) is 9.53 Å². The van der Waals surface area contributed by atoms with Gasteiger partial charge in [-0.15, -0.1) is 0 Å². The zero-order valence-corrected chi connectivity index (χ0v) is 18.7. The molecule has 0 atom stereocenters.